The van der Waals surface area contributed by atoms with Crippen LogP contribution in [0.2, 0.25) is 0 Å². The lowest BCUT2D eigenvalue weighted by Gasteiger charge is -2.21. The molecule has 1 aromatic heterocycles. The fourth-order valence-electron chi connectivity index (χ4n) is 3.06. The zero-order valence-electron chi connectivity index (χ0n) is 12.8. The first kappa shape index (κ1) is 15.2. The number of halogens is 1. The van der Waals surface area contributed by atoms with E-state index < -0.39 is 0 Å². The maximum Gasteiger partial charge on any atom is 0.123 e. The molecule has 0 amide bonds. The molecule has 112 valence electrons. The zero-order valence-corrected chi connectivity index (χ0v) is 15.2. The van der Waals surface area contributed by atoms with Crippen LogP contribution in [0, 0.1) is 13.8 Å². The summed E-state index contributed by atoms with van der Waals surface area (Å²) in [6.45, 7) is 7.47. The molecule has 1 heterocycles. The minimum atomic E-state index is 0.446. The topological polar surface area (TPSA) is 24.9 Å². The van der Waals surface area contributed by atoms with E-state index in [0.29, 0.717) is 6.04 Å². The fraction of sp³-hybridized carbons (Fsp3) is 0.471. The van der Waals surface area contributed by atoms with E-state index in [1.165, 1.54) is 56.0 Å². The van der Waals surface area contributed by atoms with Gasteiger partial charge in [-0.05, 0) is 62.9 Å². The summed E-state index contributed by atoms with van der Waals surface area (Å²) in [7, 11) is 0. The van der Waals surface area contributed by atoms with Gasteiger partial charge in [0.05, 0.1) is 11.7 Å². The second kappa shape index (κ2) is 6.19. The Balaban J connectivity index is 2.01. The highest BCUT2D eigenvalue weighted by Gasteiger charge is 2.24. The summed E-state index contributed by atoms with van der Waals surface area (Å²) < 4.78 is 1.21. The molecule has 1 atom stereocenters. The van der Waals surface area contributed by atoms with Crippen LogP contribution in [0.4, 0.5) is 0 Å². The maximum absolute atomic E-state index is 4.97. The third-order valence-corrected chi connectivity index (χ3v) is 6.52. The first-order chi connectivity index (χ1) is 10.1. The van der Waals surface area contributed by atoms with Crippen molar-refractivity contribution in [2.45, 2.75) is 46.1 Å². The number of hydrogen-bond acceptors (Lipinski definition) is 3. The van der Waals surface area contributed by atoms with Crippen LogP contribution in [-0.2, 0) is 6.42 Å². The van der Waals surface area contributed by atoms with Gasteiger partial charge in [0.2, 0.25) is 0 Å². The van der Waals surface area contributed by atoms with Crippen molar-refractivity contribution < 1.29 is 0 Å². The third kappa shape index (κ3) is 2.94. The van der Waals surface area contributed by atoms with Crippen LogP contribution in [-0.4, -0.2) is 11.5 Å². The lowest BCUT2D eigenvalue weighted by atomic mass is 9.97. The number of benzene rings is 1. The van der Waals surface area contributed by atoms with Crippen LogP contribution in [0.5, 0.6) is 0 Å². The van der Waals surface area contributed by atoms with E-state index in [2.05, 4.69) is 54.2 Å². The van der Waals surface area contributed by atoms with E-state index in [-0.39, 0.29) is 0 Å². The van der Waals surface area contributed by atoms with Gasteiger partial charge < -0.3 is 5.32 Å². The highest BCUT2D eigenvalue weighted by Crippen LogP contribution is 2.38. The average molecular weight is 365 g/mol. The molecule has 3 rings (SSSR count). The third-order valence-electron chi connectivity index (χ3n) is 4.09. The smallest absolute Gasteiger partial charge is 0.123 e. The number of aromatic nitrogens is 1. The molecular formula is C17H21BrN2S. The summed E-state index contributed by atoms with van der Waals surface area (Å²) in [5.74, 6) is 0. The minimum absolute atomic E-state index is 0.446. The van der Waals surface area contributed by atoms with Crippen LogP contribution >= 0.6 is 27.3 Å². The standard InChI is InChI=1S/C17H21BrN2S/c1-4-19-13-6-5-7-14-16(13)20-17(21-14)12-8-10(2)15(18)11(3)9-12/h8-9,13,19H,4-7H2,1-3H3. The lowest BCUT2D eigenvalue weighted by molar-refractivity contribution is 0.465. The van der Waals surface area contributed by atoms with E-state index in [1.54, 1.807) is 0 Å². The highest BCUT2D eigenvalue weighted by molar-refractivity contribution is 9.10. The molecule has 1 aromatic carbocycles. The summed E-state index contributed by atoms with van der Waals surface area (Å²) in [4.78, 5) is 6.45. The normalized spacial score (nSPS) is 17.8. The predicted octanol–water partition coefficient (Wildman–Crippen LogP) is 5.18. The van der Waals surface area contributed by atoms with Gasteiger partial charge in [-0.2, -0.15) is 0 Å². The molecule has 0 bridgehead atoms. The van der Waals surface area contributed by atoms with Crippen molar-refractivity contribution in [1.82, 2.24) is 10.3 Å². The van der Waals surface area contributed by atoms with Crippen molar-refractivity contribution in [2.24, 2.45) is 0 Å². The molecular weight excluding hydrogens is 344 g/mol. The molecule has 0 fully saturated rings. The van der Waals surface area contributed by atoms with Gasteiger partial charge in [0.25, 0.3) is 0 Å². The Bertz CT molecular complexity index is 640. The van der Waals surface area contributed by atoms with Gasteiger partial charge in [-0.25, -0.2) is 4.98 Å². The maximum atomic E-state index is 4.97. The van der Waals surface area contributed by atoms with Crippen LogP contribution in [0.15, 0.2) is 16.6 Å². The van der Waals surface area contributed by atoms with Crippen LogP contribution in [0.3, 0.4) is 0 Å². The van der Waals surface area contributed by atoms with Gasteiger partial charge in [-0.3, -0.25) is 0 Å². The fourth-order valence-corrected chi connectivity index (χ4v) is 4.44. The minimum Gasteiger partial charge on any atom is -0.309 e. The Morgan fingerprint density at radius 3 is 2.71 bits per heavy atom. The van der Waals surface area contributed by atoms with E-state index in [0.717, 1.165) is 6.54 Å². The predicted molar refractivity (Wildman–Crippen MR) is 94.1 cm³/mol. The van der Waals surface area contributed by atoms with Gasteiger partial charge in [-0.1, -0.05) is 22.9 Å². The van der Waals surface area contributed by atoms with Crippen molar-refractivity contribution in [2.75, 3.05) is 6.54 Å². The van der Waals surface area contributed by atoms with Crippen molar-refractivity contribution in [3.8, 4) is 10.6 Å². The Kier molecular flexibility index (Phi) is 4.48. The Hall–Kier alpha value is -0.710. The van der Waals surface area contributed by atoms with Gasteiger partial charge in [0, 0.05) is 14.9 Å². The summed E-state index contributed by atoms with van der Waals surface area (Å²) in [6, 6.07) is 4.93. The molecule has 1 aliphatic carbocycles. The molecule has 1 aliphatic rings. The quantitative estimate of drug-likeness (QED) is 0.811. The Morgan fingerprint density at radius 1 is 1.33 bits per heavy atom. The van der Waals surface area contributed by atoms with Crippen LogP contribution < -0.4 is 5.32 Å². The molecule has 0 saturated carbocycles. The highest BCUT2D eigenvalue weighted by atomic mass is 79.9. The first-order valence-electron chi connectivity index (χ1n) is 7.60. The molecule has 0 aliphatic heterocycles. The van der Waals surface area contributed by atoms with Crippen molar-refractivity contribution in [3.63, 3.8) is 0 Å². The van der Waals surface area contributed by atoms with Crippen molar-refractivity contribution >= 4 is 27.3 Å². The van der Waals surface area contributed by atoms with E-state index in [4.69, 9.17) is 4.98 Å². The number of hydrogen-bond donors (Lipinski definition) is 1. The molecule has 4 heteroatoms. The van der Waals surface area contributed by atoms with Gasteiger partial charge in [0.1, 0.15) is 5.01 Å². The van der Waals surface area contributed by atoms with Gasteiger partial charge >= 0.3 is 0 Å². The van der Waals surface area contributed by atoms with E-state index in [1.807, 2.05) is 11.3 Å². The van der Waals surface area contributed by atoms with Gasteiger partial charge in [-0.15, -0.1) is 11.3 Å². The van der Waals surface area contributed by atoms with E-state index in [9.17, 15) is 0 Å². The SMILES string of the molecule is CCNC1CCCc2sc(-c3cc(C)c(Br)c(C)c3)nc21. The monoisotopic (exact) mass is 364 g/mol. The molecule has 1 N–H and O–H groups in total. The Labute approximate surface area is 139 Å². The molecule has 21 heavy (non-hydrogen) atoms. The lowest BCUT2D eigenvalue weighted by Crippen LogP contribution is -2.24. The average Bonchev–Trinajstić information content (AvgIpc) is 2.89. The number of fused-ring (bicyclic) bond motifs is 1. The van der Waals surface area contributed by atoms with Gasteiger partial charge in [0.15, 0.2) is 0 Å². The summed E-state index contributed by atoms with van der Waals surface area (Å²) in [6.07, 6.45) is 3.66. The number of nitrogens with zero attached hydrogens (tertiary/aromatic N) is 1. The largest absolute Gasteiger partial charge is 0.309 e. The van der Waals surface area contributed by atoms with Crippen molar-refractivity contribution in [3.05, 3.63) is 38.3 Å². The van der Waals surface area contributed by atoms with E-state index >= 15 is 0 Å². The number of aryl methyl sites for hydroxylation is 3. The summed E-state index contributed by atoms with van der Waals surface area (Å²) in [5, 5.41) is 4.74. The molecule has 2 nitrogen and oxygen atoms in total. The number of thiazole rings is 1. The number of nitrogens with one attached hydrogen (secondary N) is 1. The Morgan fingerprint density at radius 2 is 2.05 bits per heavy atom. The summed E-state index contributed by atoms with van der Waals surface area (Å²) >= 11 is 5.52. The number of rotatable bonds is 3. The molecule has 1 unspecified atom stereocenters. The second-order valence-electron chi connectivity index (χ2n) is 5.75. The molecule has 0 radical (unpaired) electrons. The second-order valence-corrected chi connectivity index (χ2v) is 7.63. The summed E-state index contributed by atoms with van der Waals surface area (Å²) in [5.41, 5.74) is 5.10. The van der Waals surface area contributed by atoms with Crippen LogP contribution in [0.1, 0.15) is 47.5 Å². The molecule has 0 spiro atoms. The zero-order chi connectivity index (χ0) is 15.0. The van der Waals surface area contributed by atoms with Crippen LogP contribution in [0.25, 0.3) is 10.6 Å². The molecule has 2 aromatic rings. The molecule has 0 saturated heterocycles. The first-order valence-corrected chi connectivity index (χ1v) is 9.21. The van der Waals surface area contributed by atoms with Crippen molar-refractivity contribution in [1.29, 1.82) is 0 Å².